The Balaban J connectivity index is 0.000000234. The third kappa shape index (κ3) is 7.99. The number of nitrogens with one attached hydrogen (secondary N) is 2. The molecule has 0 saturated carbocycles. The number of carbonyl (C=O) groups is 2. The van der Waals surface area contributed by atoms with Crippen molar-refractivity contribution in [2.24, 2.45) is 14.1 Å². The molecule has 4 rings (SSSR count). The topological polar surface area (TPSA) is 191 Å². The van der Waals surface area contributed by atoms with Gasteiger partial charge in [-0.3, -0.25) is 23.5 Å². The van der Waals surface area contributed by atoms with E-state index >= 15 is 0 Å². The van der Waals surface area contributed by atoms with Crippen LogP contribution in [-0.4, -0.2) is 59.8 Å². The van der Waals surface area contributed by atoms with E-state index in [1.807, 2.05) is 0 Å². The van der Waals surface area contributed by atoms with Gasteiger partial charge in [0.25, 0.3) is 11.1 Å². The van der Waals surface area contributed by atoms with Gasteiger partial charge in [0.05, 0.1) is 41.4 Å². The fourth-order valence-corrected chi connectivity index (χ4v) is 3.40. The summed E-state index contributed by atoms with van der Waals surface area (Å²) in [6.07, 6.45) is 2.85. The Labute approximate surface area is 238 Å². The van der Waals surface area contributed by atoms with E-state index in [1.54, 1.807) is 27.9 Å². The summed E-state index contributed by atoms with van der Waals surface area (Å²) in [5, 5.41) is 15.4. The van der Waals surface area contributed by atoms with Crippen molar-refractivity contribution in [2.45, 2.75) is 13.8 Å². The normalized spacial score (nSPS) is 10.9. The lowest BCUT2D eigenvalue weighted by Gasteiger charge is -2.04. The van der Waals surface area contributed by atoms with E-state index in [4.69, 9.17) is 21.1 Å². The standard InChI is InChI=1S/C10H10ClN3O3.C10H11N3O4.Cl3OP/c1-3-17-10(16)6-7(11)5-4-12-14(2)8(5)13-9(6)15;1-3-17-10(16)6-7(14)5-4-11-13(2)8(5)12-9(6)15;1-5(2,3)4/h4H,3H2,1-2H3,(H,13,15);4H,3H2,1-2H3,(H2,12,14,15);. The number of halogens is 4. The zero-order valence-corrected chi connectivity index (χ0v) is 24.5. The number of aromatic hydroxyl groups is 1. The molecule has 0 fully saturated rings. The molecule has 0 bridgehead atoms. The molecular formula is C20H21Cl4N6O8P. The van der Waals surface area contributed by atoms with Gasteiger partial charge < -0.3 is 24.5 Å². The average Bonchev–Trinajstić information content (AvgIpc) is 3.36. The number of aromatic amines is 2. The number of hydrogen-bond acceptors (Lipinski definition) is 10. The summed E-state index contributed by atoms with van der Waals surface area (Å²) in [4.78, 5) is 51.5. The predicted molar refractivity (Wildman–Crippen MR) is 146 cm³/mol. The first kappa shape index (κ1) is 32.2. The van der Waals surface area contributed by atoms with Crippen molar-refractivity contribution in [2.75, 3.05) is 13.2 Å². The van der Waals surface area contributed by atoms with E-state index in [1.165, 1.54) is 21.8 Å². The molecule has 4 aromatic rings. The lowest BCUT2D eigenvalue weighted by atomic mass is 10.2. The van der Waals surface area contributed by atoms with Gasteiger partial charge in [0.2, 0.25) is 0 Å². The van der Waals surface area contributed by atoms with Crippen LogP contribution in [0.5, 0.6) is 5.75 Å². The first-order valence-corrected chi connectivity index (χ1v) is 15.5. The second kappa shape index (κ2) is 13.4. The van der Waals surface area contributed by atoms with Crippen LogP contribution >= 0.6 is 50.5 Å². The number of hydrogen-bond donors (Lipinski definition) is 3. The number of H-pyrrole nitrogens is 2. The molecule has 212 valence electrons. The molecular weight excluding hydrogens is 625 g/mol. The summed E-state index contributed by atoms with van der Waals surface area (Å²) >= 11 is 19.9. The molecule has 3 N–H and O–H groups in total. The Bertz CT molecular complexity index is 1570. The maximum atomic E-state index is 11.7. The van der Waals surface area contributed by atoms with Crippen LogP contribution in [0.2, 0.25) is 5.02 Å². The summed E-state index contributed by atoms with van der Waals surface area (Å²) in [6, 6.07) is 0. The Morgan fingerprint density at radius 2 is 1.28 bits per heavy atom. The van der Waals surface area contributed by atoms with Crippen LogP contribution in [0.3, 0.4) is 0 Å². The Morgan fingerprint density at radius 3 is 1.74 bits per heavy atom. The lowest BCUT2D eigenvalue weighted by Crippen LogP contribution is -2.21. The maximum absolute atomic E-state index is 11.7. The third-order valence-electron chi connectivity index (χ3n) is 4.70. The molecule has 0 atom stereocenters. The molecule has 0 aromatic carbocycles. The quantitative estimate of drug-likeness (QED) is 0.215. The largest absolute Gasteiger partial charge is 0.506 e. The van der Waals surface area contributed by atoms with E-state index in [-0.39, 0.29) is 23.8 Å². The number of esters is 2. The zero-order valence-electron chi connectivity index (χ0n) is 20.6. The molecule has 4 heterocycles. The minimum Gasteiger partial charge on any atom is -0.506 e. The average molecular weight is 646 g/mol. The fourth-order valence-electron chi connectivity index (χ4n) is 3.10. The maximum Gasteiger partial charge on any atom is 0.347 e. The smallest absolute Gasteiger partial charge is 0.347 e. The van der Waals surface area contributed by atoms with Gasteiger partial charge in [0, 0.05) is 14.1 Å². The van der Waals surface area contributed by atoms with E-state index in [0.29, 0.717) is 22.1 Å². The monoisotopic (exact) mass is 644 g/mol. The molecule has 0 aliphatic carbocycles. The molecule has 0 unspecified atom stereocenters. The molecule has 4 aromatic heterocycles. The third-order valence-corrected chi connectivity index (χ3v) is 5.10. The summed E-state index contributed by atoms with van der Waals surface area (Å²) in [6.45, 7) is 3.58. The van der Waals surface area contributed by atoms with Gasteiger partial charge in [-0.15, -0.1) is 0 Å². The van der Waals surface area contributed by atoms with Gasteiger partial charge in [0.1, 0.15) is 22.6 Å². The summed E-state index contributed by atoms with van der Waals surface area (Å²) in [7, 11) is 3.28. The van der Waals surface area contributed by atoms with Crippen molar-refractivity contribution in [3.05, 3.63) is 49.3 Å². The predicted octanol–water partition coefficient (Wildman–Crippen LogP) is 4.05. The van der Waals surface area contributed by atoms with Crippen LogP contribution in [0.1, 0.15) is 34.6 Å². The molecule has 39 heavy (non-hydrogen) atoms. The number of pyridine rings is 2. The van der Waals surface area contributed by atoms with Crippen LogP contribution in [0.15, 0.2) is 22.0 Å². The molecule has 19 heteroatoms. The van der Waals surface area contributed by atoms with Crippen LogP contribution in [0.4, 0.5) is 0 Å². The number of carbonyl (C=O) groups excluding carboxylic acids is 2. The Hall–Kier alpha value is -3.03. The van der Waals surface area contributed by atoms with Crippen molar-refractivity contribution < 1.29 is 28.7 Å². The number of nitrogens with zero attached hydrogens (tertiary/aromatic N) is 4. The number of fused-ring (bicyclic) bond motifs is 2. The van der Waals surface area contributed by atoms with E-state index < -0.39 is 39.6 Å². The first-order chi connectivity index (χ1) is 18.1. The van der Waals surface area contributed by atoms with Crippen molar-refractivity contribution in [3.63, 3.8) is 0 Å². The van der Waals surface area contributed by atoms with Crippen LogP contribution in [0.25, 0.3) is 22.1 Å². The number of aryl methyl sites for hydroxylation is 2. The van der Waals surface area contributed by atoms with Gasteiger partial charge in [-0.05, 0) is 47.6 Å². The Kier molecular flexibility index (Phi) is 11.0. The highest BCUT2D eigenvalue weighted by molar-refractivity contribution is 8.24. The van der Waals surface area contributed by atoms with Crippen LogP contribution < -0.4 is 11.1 Å². The summed E-state index contributed by atoms with van der Waals surface area (Å²) < 4.78 is 21.8. The van der Waals surface area contributed by atoms with Crippen molar-refractivity contribution >= 4 is 84.5 Å². The van der Waals surface area contributed by atoms with Gasteiger partial charge in [-0.1, -0.05) is 11.6 Å². The minimum absolute atomic E-state index is 0.0651. The highest BCUT2D eigenvalue weighted by Gasteiger charge is 2.22. The van der Waals surface area contributed by atoms with Crippen LogP contribution in [0, 0.1) is 0 Å². The van der Waals surface area contributed by atoms with Gasteiger partial charge >= 0.3 is 17.1 Å². The molecule has 0 saturated heterocycles. The highest BCUT2D eigenvalue weighted by atomic mass is 36.0. The second-order valence-corrected chi connectivity index (χ2v) is 14.2. The molecule has 0 aliphatic rings. The Morgan fingerprint density at radius 1 is 0.897 bits per heavy atom. The van der Waals surface area contributed by atoms with Crippen LogP contribution in [-0.2, 0) is 28.1 Å². The van der Waals surface area contributed by atoms with Crippen molar-refractivity contribution in [1.29, 1.82) is 0 Å². The lowest BCUT2D eigenvalue weighted by molar-refractivity contribution is 0.0513. The van der Waals surface area contributed by atoms with Gasteiger partial charge in [-0.25, -0.2) is 9.59 Å². The van der Waals surface area contributed by atoms with Gasteiger partial charge in [0.15, 0.2) is 5.56 Å². The molecule has 0 radical (unpaired) electrons. The number of aromatic nitrogens is 6. The number of rotatable bonds is 4. The summed E-state index contributed by atoms with van der Waals surface area (Å²) in [5.41, 5.74) is -1.04. The minimum atomic E-state index is -3.22. The van der Waals surface area contributed by atoms with Crippen molar-refractivity contribution in [3.8, 4) is 5.75 Å². The SMILES string of the molecule is CCOC(=O)c1c(Cl)c2cnn(C)c2[nH]c1=O.CCOC(=O)c1c(O)c2cnn(C)c2[nH]c1=O.O=P(Cl)(Cl)Cl. The summed E-state index contributed by atoms with van der Waals surface area (Å²) in [5.74, 6) is -1.99. The van der Waals surface area contributed by atoms with Crippen molar-refractivity contribution in [1.82, 2.24) is 29.5 Å². The first-order valence-electron chi connectivity index (χ1n) is 10.7. The molecule has 14 nitrogen and oxygen atoms in total. The van der Waals surface area contributed by atoms with Gasteiger partial charge in [-0.2, -0.15) is 10.2 Å². The molecule has 0 amide bonds. The van der Waals surface area contributed by atoms with E-state index in [0.717, 1.165) is 0 Å². The fraction of sp³-hybridized carbons (Fsp3) is 0.300. The zero-order chi connectivity index (χ0) is 29.7. The molecule has 0 spiro atoms. The number of ether oxygens (including phenoxy) is 2. The van der Waals surface area contributed by atoms with E-state index in [2.05, 4.69) is 53.9 Å². The molecule has 0 aliphatic heterocycles. The second-order valence-electron chi connectivity index (χ2n) is 7.22. The highest BCUT2D eigenvalue weighted by Crippen LogP contribution is 2.61. The van der Waals surface area contributed by atoms with E-state index in [9.17, 15) is 28.8 Å².